The van der Waals surface area contributed by atoms with Crippen LogP contribution in [-0.2, 0) is 26.6 Å². The summed E-state index contributed by atoms with van der Waals surface area (Å²) in [5.41, 5.74) is -0.426. The second-order valence-corrected chi connectivity index (χ2v) is 8.39. The highest BCUT2D eigenvalue weighted by molar-refractivity contribution is 5.92. The molecule has 2 aliphatic rings. The predicted octanol–water partition coefficient (Wildman–Crippen LogP) is 0.415. The Bertz CT molecular complexity index is 1290. The molecule has 4 heterocycles. The number of carbonyl (C=O) groups is 1. The van der Waals surface area contributed by atoms with Gasteiger partial charge in [0.15, 0.2) is 0 Å². The molecule has 1 aromatic carbocycles. The zero-order valence-corrected chi connectivity index (χ0v) is 17.0. The number of nitrogens with zero attached hydrogens (tertiary/aromatic N) is 6. The highest BCUT2D eigenvalue weighted by Crippen LogP contribution is 2.39. The van der Waals surface area contributed by atoms with E-state index in [2.05, 4.69) is 10.2 Å². The molecule has 1 spiro atoms. The Kier molecular flexibility index (Phi) is 4.38. The Morgan fingerprint density at radius 2 is 1.90 bits per heavy atom. The number of aryl methyl sites for hydroxylation is 1. The van der Waals surface area contributed by atoms with Gasteiger partial charge in [-0.3, -0.25) is 23.6 Å². The normalized spacial score (nSPS) is 19.9. The number of rotatable bonds is 3. The van der Waals surface area contributed by atoms with Gasteiger partial charge in [0.05, 0.1) is 6.54 Å². The average Bonchev–Trinajstić information content (AvgIpc) is 3.46. The first-order valence-corrected chi connectivity index (χ1v) is 10.1. The molecule has 0 bridgehead atoms. The number of hydrogen-bond donors (Lipinski definition) is 0. The zero-order chi connectivity index (χ0) is 21.8. The lowest BCUT2D eigenvalue weighted by Gasteiger charge is -2.22. The second kappa shape index (κ2) is 7.00. The third-order valence-electron chi connectivity index (χ3n) is 6.25. The highest BCUT2D eigenvalue weighted by Gasteiger charge is 2.46. The van der Waals surface area contributed by atoms with Crippen molar-refractivity contribution in [3.05, 3.63) is 80.1 Å². The predicted molar refractivity (Wildman–Crippen MR) is 108 cm³/mol. The maximum Gasteiger partial charge on any atom is 0.332 e. The lowest BCUT2D eigenvalue weighted by atomic mass is 9.86. The van der Waals surface area contributed by atoms with Crippen molar-refractivity contribution in [3.8, 4) is 0 Å². The van der Waals surface area contributed by atoms with E-state index in [0.29, 0.717) is 43.1 Å². The number of fused-ring (bicyclic) bond motifs is 1. The van der Waals surface area contributed by atoms with Gasteiger partial charge in [-0.15, -0.1) is 0 Å². The van der Waals surface area contributed by atoms with Crippen LogP contribution in [0.5, 0.6) is 0 Å². The quantitative estimate of drug-likeness (QED) is 0.568. The van der Waals surface area contributed by atoms with Gasteiger partial charge in [0, 0.05) is 44.7 Å². The van der Waals surface area contributed by atoms with Crippen LogP contribution in [0.3, 0.4) is 0 Å². The summed E-state index contributed by atoms with van der Waals surface area (Å²) in [6.07, 6.45) is 2.83. The van der Waals surface area contributed by atoms with Gasteiger partial charge < -0.3 is 4.90 Å². The monoisotopic (exact) mass is 424 g/mol. The molecule has 2 aromatic heterocycles. The Balaban J connectivity index is 1.39. The molecular formula is C21H21FN6O3. The van der Waals surface area contributed by atoms with Crippen molar-refractivity contribution in [1.82, 2.24) is 29.0 Å². The molecule has 5 rings (SSSR count). The summed E-state index contributed by atoms with van der Waals surface area (Å²) in [5, 5.41) is 8.50. The minimum atomic E-state index is -0.703. The summed E-state index contributed by atoms with van der Waals surface area (Å²) >= 11 is 0. The van der Waals surface area contributed by atoms with Crippen LogP contribution in [0.1, 0.15) is 28.3 Å². The van der Waals surface area contributed by atoms with Crippen molar-refractivity contribution in [3.63, 3.8) is 0 Å². The molecule has 3 aromatic rings. The Morgan fingerprint density at radius 3 is 2.61 bits per heavy atom. The van der Waals surface area contributed by atoms with Gasteiger partial charge in [-0.1, -0.05) is 12.1 Å². The topological polar surface area (TPSA) is 95.0 Å². The zero-order valence-electron chi connectivity index (χ0n) is 17.0. The van der Waals surface area contributed by atoms with Gasteiger partial charge >= 0.3 is 11.1 Å². The van der Waals surface area contributed by atoms with Crippen LogP contribution in [0.4, 0.5) is 4.39 Å². The summed E-state index contributed by atoms with van der Waals surface area (Å²) in [5.74, 6) is 0.0806. The Morgan fingerprint density at radius 1 is 1.13 bits per heavy atom. The first kappa shape index (κ1) is 19.4. The van der Waals surface area contributed by atoms with E-state index in [0.717, 1.165) is 11.1 Å². The van der Waals surface area contributed by atoms with E-state index in [9.17, 15) is 18.8 Å². The SMILES string of the molecule is Cn1nccc1C(=O)N1CC[C@@]2(Cc3nn(Cc4ccc(F)cc4)c(=O)c(=O)n3C2)C1. The van der Waals surface area contributed by atoms with Crippen molar-refractivity contribution >= 4 is 5.91 Å². The fourth-order valence-electron chi connectivity index (χ4n) is 4.60. The van der Waals surface area contributed by atoms with Gasteiger partial charge in [0.1, 0.15) is 17.3 Å². The first-order valence-electron chi connectivity index (χ1n) is 10.1. The minimum absolute atomic E-state index is 0.0935. The molecule has 0 saturated carbocycles. The molecule has 1 fully saturated rings. The minimum Gasteiger partial charge on any atom is -0.337 e. The van der Waals surface area contributed by atoms with Gasteiger partial charge in [0.2, 0.25) is 0 Å². The molecule has 0 radical (unpaired) electrons. The molecule has 1 atom stereocenters. The lowest BCUT2D eigenvalue weighted by molar-refractivity contribution is 0.0761. The number of aromatic nitrogens is 5. The van der Waals surface area contributed by atoms with Gasteiger partial charge in [-0.2, -0.15) is 10.2 Å². The van der Waals surface area contributed by atoms with E-state index in [4.69, 9.17) is 0 Å². The Labute approximate surface area is 176 Å². The molecule has 1 saturated heterocycles. The van der Waals surface area contributed by atoms with E-state index in [1.807, 2.05) is 0 Å². The Hall–Kier alpha value is -3.56. The van der Waals surface area contributed by atoms with E-state index < -0.39 is 11.1 Å². The molecule has 0 aliphatic carbocycles. The third-order valence-corrected chi connectivity index (χ3v) is 6.25. The number of hydrogen-bond acceptors (Lipinski definition) is 5. The van der Waals surface area contributed by atoms with Crippen molar-refractivity contribution in [1.29, 1.82) is 0 Å². The first-order chi connectivity index (χ1) is 14.8. The molecule has 160 valence electrons. The van der Waals surface area contributed by atoms with Crippen LogP contribution in [0.25, 0.3) is 0 Å². The van der Waals surface area contributed by atoms with Gasteiger partial charge in [0.25, 0.3) is 5.91 Å². The molecular weight excluding hydrogens is 403 g/mol. The summed E-state index contributed by atoms with van der Waals surface area (Å²) in [6.45, 7) is 1.54. The molecule has 31 heavy (non-hydrogen) atoms. The van der Waals surface area contributed by atoms with E-state index in [1.54, 1.807) is 41.0 Å². The smallest absolute Gasteiger partial charge is 0.332 e. The number of likely N-dealkylation sites (tertiary alicyclic amines) is 1. The van der Waals surface area contributed by atoms with Crippen LogP contribution in [0.2, 0.25) is 0 Å². The maximum absolute atomic E-state index is 13.1. The number of carbonyl (C=O) groups excluding carboxylic acids is 1. The molecule has 2 aliphatic heterocycles. The van der Waals surface area contributed by atoms with Crippen LogP contribution < -0.4 is 11.1 Å². The van der Waals surface area contributed by atoms with E-state index >= 15 is 0 Å². The van der Waals surface area contributed by atoms with Gasteiger partial charge in [-0.25, -0.2) is 9.07 Å². The van der Waals surface area contributed by atoms with E-state index in [-0.39, 0.29) is 23.7 Å². The fourth-order valence-corrected chi connectivity index (χ4v) is 4.60. The summed E-state index contributed by atoms with van der Waals surface area (Å²) in [4.78, 5) is 40.0. The summed E-state index contributed by atoms with van der Waals surface area (Å²) in [7, 11) is 1.73. The van der Waals surface area contributed by atoms with Crippen molar-refractivity contribution in [2.24, 2.45) is 12.5 Å². The summed E-state index contributed by atoms with van der Waals surface area (Å²) < 4.78 is 17.3. The van der Waals surface area contributed by atoms with Crippen molar-refractivity contribution in [2.75, 3.05) is 13.1 Å². The van der Waals surface area contributed by atoms with Crippen LogP contribution >= 0.6 is 0 Å². The molecule has 0 N–H and O–H groups in total. The lowest BCUT2D eigenvalue weighted by Crippen LogP contribution is -2.43. The average molecular weight is 424 g/mol. The maximum atomic E-state index is 13.1. The third kappa shape index (κ3) is 3.28. The molecule has 9 nitrogen and oxygen atoms in total. The molecule has 10 heteroatoms. The molecule has 1 amide bonds. The number of benzene rings is 1. The number of halogens is 1. The van der Waals surface area contributed by atoms with Crippen molar-refractivity contribution < 1.29 is 9.18 Å². The second-order valence-electron chi connectivity index (χ2n) is 8.39. The van der Waals surface area contributed by atoms with Crippen LogP contribution in [0.15, 0.2) is 46.1 Å². The highest BCUT2D eigenvalue weighted by atomic mass is 19.1. The van der Waals surface area contributed by atoms with Gasteiger partial charge in [-0.05, 0) is 30.2 Å². The van der Waals surface area contributed by atoms with Crippen LogP contribution in [-0.4, -0.2) is 48.0 Å². The largest absolute Gasteiger partial charge is 0.337 e. The standard InChI is InChI=1S/C21H21FN6O3/c1-25-16(6-8-23-25)18(29)26-9-7-21(12-26)10-17-24-28(20(31)19(30)27(17)13-21)11-14-2-4-15(22)5-3-14/h2-6,8H,7,9-13H2,1H3/t21-/m1/s1. The van der Waals surface area contributed by atoms with Crippen LogP contribution in [0, 0.1) is 11.2 Å². The number of amides is 1. The van der Waals surface area contributed by atoms with E-state index in [1.165, 1.54) is 16.7 Å². The molecule has 0 unspecified atom stereocenters. The summed E-state index contributed by atoms with van der Waals surface area (Å²) in [6, 6.07) is 7.43. The fraction of sp³-hybridized carbons (Fsp3) is 0.381. The van der Waals surface area contributed by atoms with Crippen molar-refractivity contribution in [2.45, 2.75) is 25.9 Å².